The monoisotopic (exact) mass is 888 g/mol. The van der Waals surface area contributed by atoms with Crippen LogP contribution in [0.2, 0.25) is 0 Å². The normalized spacial score (nSPS) is 25.1. The minimum Gasteiger partial charge on any atom is -0.394 e. The van der Waals surface area contributed by atoms with E-state index in [1.54, 1.807) is 44.2 Å². The number of aromatic nitrogens is 7. The first-order valence-electron chi connectivity index (χ1n) is 18.3. The van der Waals surface area contributed by atoms with E-state index in [0.29, 0.717) is 5.56 Å². The van der Waals surface area contributed by atoms with Gasteiger partial charge in [0, 0.05) is 18.6 Å². The standard InChI is InChI=1S/C35H38FN10O11PS2/c1-16(2)31(49)43-35-41-21-22(33(51)44-35)45-60-28(21)27-26(25(52-4)18(12-47)55-27)57-58(59,53-11-10-37-3)54-13-19-24(48)20(36)34(56-19)46-15-40-23-29(38-14-39-30(23)46)42-32(50)17-8-6-5-7-9-17/h5-9,14-16,18-20,24-27,34,47-48H,10-13H2,1-2,4H3,(H,38,39,42,50)(H2,41,43,44,49,51)/t18-,19-,20-,24-,25-,26-,27-,34-,58?/m1/s1. The minimum absolute atomic E-state index is 0.0571. The van der Waals surface area contributed by atoms with Gasteiger partial charge in [-0.1, -0.05) is 32.0 Å². The summed E-state index contributed by atoms with van der Waals surface area (Å²) in [5.74, 6) is -1.35. The van der Waals surface area contributed by atoms with Gasteiger partial charge in [-0.05, 0) is 35.5 Å². The summed E-state index contributed by atoms with van der Waals surface area (Å²) in [7, 11) is 1.35. The molecule has 2 amide bonds. The number of hydrogen-bond acceptors (Lipinski definition) is 18. The summed E-state index contributed by atoms with van der Waals surface area (Å²) in [6.45, 7) is 5.10. The number of ether oxygens (including phenoxy) is 3. The molecular formula is C35H38FN10O11PS2. The van der Waals surface area contributed by atoms with E-state index in [4.69, 9.17) is 46.2 Å². The highest BCUT2D eigenvalue weighted by atomic mass is 32.5. The summed E-state index contributed by atoms with van der Waals surface area (Å²) in [4.78, 5) is 61.4. The number of carbonyl (C=O) groups excluding carboxylic acids is 2. The van der Waals surface area contributed by atoms with Crippen molar-refractivity contribution in [2.45, 2.75) is 62.9 Å². The number of methoxy groups -OCH3 is 1. The molecule has 0 aliphatic carbocycles. The van der Waals surface area contributed by atoms with Gasteiger partial charge in [-0.15, -0.1) is 0 Å². The molecule has 0 radical (unpaired) electrons. The van der Waals surface area contributed by atoms with E-state index < -0.39 is 92.2 Å². The van der Waals surface area contributed by atoms with Crippen molar-refractivity contribution in [3.05, 3.63) is 75.2 Å². The fraction of sp³-hybridized carbons (Fsp3) is 0.457. The van der Waals surface area contributed by atoms with Gasteiger partial charge in [-0.25, -0.2) is 30.9 Å². The summed E-state index contributed by atoms with van der Waals surface area (Å²) in [5.41, 5.74) is -0.0160. The highest BCUT2D eigenvalue weighted by Crippen LogP contribution is 2.56. The number of amides is 2. The number of rotatable bonds is 16. The van der Waals surface area contributed by atoms with Gasteiger partial charge in [-0.3, -0.25) is 33.8 Å². The molecule has 1 aromatic carbocycles. The van der Waals surface area contributed by atoms with Gasteiger partial charge >= 0.3 is 6.72 Å². The molecule has 0 spiro atoms. The number of imidazole rings is 1. The quantitative estimate of drug-likeness (QED) is 0.0542. The number of hydrogen-bond donors (Lipinski definition) is 5. The second kappa shape index (κ2) is 18.5. The van der Waals surface area contributed by atoms with Crippen LogP contribution in [0.25, 0.3) is 27.0 Å². The van der Waals surface area contributed by atoms with Crippen molar-refractivity contribution in [1.29, 1.82) is 0 Å². The zero-order valence-corrected chi connectivity index (χ0v) is 34.4. The van der Waals surface area contributed by atoms with Gasteiger partial charge in [0.1, 0.15) is 55.1 Å². The minimum atomic E-state index is -4.00. The first-order chi connectivity index (χ1) is 28.9. The lowest BCUT2D eigenvalue weighted by Crippen LogP contribution is -2.36. The maximum absolute atomic E-state index is 15.9. The third kappa shape index (κ3) is 8.83. The molecule has 318 valence electrons. The van der Waals surface area contributed by atoms with Crippen LogP contribution in [0.1, 0.15) is 41.4 Å². The van der Waals surface area contributed by atoms with E-state index in [0.717, 1.165) is 17.9 Å². The highest BCUT2D eigenvalue weighted by Gasteiger charge is 2.52. The van der Waals surface area contributed by atoms with Crippen LogP contribution < -0.4 is 16.2 Å². The predicted molar refractivity (Wildman–Crippen MR) is 214 cm³/mol. The van der Waals surface area contributed by atoms with E-state index >= 15 is 4.39 Å². The zero-order chi connectivity index (χ0) is 42.7. The summed E-state index contributed by atoms with van der Waals surface area (Å²) in [6.07, 6.45) is -8.57. The second-order valence-corrected chi connectivity index (χ2v) is 17.4. The third-order valence-electron chi connectivity index (χ3n) is 9.44. The first kappa shape index (κ1) is 43.3. The number of H-pyrrole nitrogens is 1. The van der Waals surface area contributed by atoms with Crippen LogP contribution in [0, 0.1) is 12.5 Å². The van der Waals surface area contributed by atoms with Crippen molar-refractivity contribution in [2.75, 3.05) is 44.1 Å². The summed E-state index contributed by atoms with van der Waals surface area (Å²) in [6, 6.07) is 8.41. The fourth-order valence-electron chi connectivity index (χ4n) is 6.43. The largest absolute Gasteiger partial charge is 0.394 e. The molecule has 9 atom stereocenters. The molecule has 2 aliphatic heterocycles. The number of nitrogens with zero attached hydrogens (tertiary/aromatic N) is 7. The molecule has 5 aromatic rings. The molecule has 2 aliphatic rings. The third-order valence-corrected chi connectivity index (χ3v) is 12.7. The van der Waals surface area contributed by atoms with Gasteiger partial charge in [0.2, 0.25) is 18.4 Å². The summed E-state index contributed by atoms with van der Waals surface area (Å²) in [5, 5.41) is 26.6. The van der Waals surface area contributed by atoms with Crippen molar-refractivity contribution in [3.8, 4) is 0 Å². The SMILES string of the molecule is [C-]#[N+]CCOP(=S)(OC[C@H]1O[C@@H](n2cnc3c(NC(=O)c4ccccc4)ncnc32)[C@H](F)[C@@H]1O)O[C@@H]1[C@H](OC)[C@@H](CO)O[C@H]1c1snc2c(=O)[nH]c(NC(=O)C(C)C)nc12. The van der Waals surface area contributed by atoms with Crippen LogP contribution in [0.4, 0.5) is 16.2 Å². The molecule has 60 heavy (non-hydrogen) atoms. The molecular weight excluding hydrogens is 851 g/mol. The van der Waals surface area contributed by atoms with E-state index in [1.165, 1.54) is 18.0 Å². The van der Waals surface area contributed by atoms with Crippen molar-refractivity contribution in [1.82, 2.24) is 33.9 Å². The number of fused-ring (bicyclic) bond motifs is 2. The lowest BCUT2D eigenvalue weighted by atomic mass is 10.1. The molecule has 7 rings (SSSR count). The lowest BCUT2D eigenvalue weighted by Gasteiger charge is -2.30. The van der Waals surface area contributed by atoms with Crippen LogP contribution in [0.3, 0.4) is 0 Å². The van der Waals surface area contributed by atoms with Gasteiger partial charge in [0.15, 0.2) is 34.9 Å². The molecule has 4 aromatic heterocycles. The number of benzene rings is 1. The van der Waals surface area contributed by atoms with Gasteiger partial charge in [0.05, 0.1) is 24.4 Å². The Bertz CT molecular complexity index is 2510. The van der Waals surface area contributed by atoms with E-state index in [9.17, 15) is 24.6 Å². The Kier molecular flexibility index (Phi) is 13.3. The molecule has 5 N–H and O–H groups in total. The van der Waals surface area contributed by atoms with Crippen LogP contribution in [0.5, 0.6) is 0 Å². The number of nitrogens with one attached hydrogen (secondary N) is 3. The number of aromatic amines is 1. The van der Waals surface area contributed by atoms with Gasteiger partial charge in [-0.2, -0.15) is 4.37 Å². The van der Waals surface area contributed by atoms with Crippen molar-refractivity contribution in [2.24, 2.45) is 5.92 Å². The van der Waals surface area contributed by atoms with E-state index in [1.807, 2.05) is 0 Å². The maximum Gasteiger partial charge on any atom is 0.328 e. The Hall–Kier alpha value is -4.77. The Labute approximate surface area is 348 Å². The number of halogens is 1. The van der Waals surface area contributed by atoms with Crippen LogP contribution in [0.15, 0.2) is 47.8 Å². The highest BCUT2D eigenvalue weighted by molar-refractivity contribution is 8.07. The lowest BCUT2D eigenvalue weighted by molar-refractivity contribution is -0.118. The summed E-state index contributed by atoms with van der Waals surface area (Å²) >= 11 is 6.68. The van der Waals surface area contributed by atoms with E-state index in [-0.39, 0.29) is 52.0 Å². The van der Waals surface area contributed by atoms with Crippen molar-refractivity contribution < 1.29 is 52.0 Å². The molecule has 1 unspecified atom stereocenters. The average Bonchev–Trinajstić information content (AvgIpc) is 4.01. The van der Waals surface area contributed by atoms with Crippen molar-refractivity contribution in [3.63, 3.8) is 0 Å². The van der Waals surface area contributed by atoms with Crippen LogP contribution in [-0.4, -0.2) is 126 Å². The van der Waals surface area contributed by atoms with Crippen LogP contribution >= 0.6 is 18.3 Å². The Morgan fingerprint density at radius 1 is 1.12 bits per heavy atom. The smallest absolute Gasteiger partial charge is 0.328 e. The Morgan fingerprint density at radius 2 is 1.90 bits per heavy atom. The Morgan fingerprint density at radius 3 is 2.62 bits per heavy atom. The number of carbonyl (C=O) groups is 2. The zero-order valence-electron chi connectivity index (χ0n) is 31.9. The average molecular weight is 889 g/mol. The number of aliphatic hydroxyl groups excluding tert-OH is 2. The topological polar surface area (TPSA) is 261 Å². The molecule has 21 nitrogen and oxygen atoms in total. The van der Waals surface area contributed by atoms with Crippen LogP contribution in [-0.2, 0) is 44.4 Å². The van der Waals surface area contributed by atoms with Crippen molar-refractivity contribution >= 4 is 75.8 Å². The van der Waals surface area contributed by atoms with Gasteiger partial charge in [0.25, 0.3) is 11.5 Å². The Balaban J connectivity index is 1.12. The van der Waals surface area contributed by atoms with Gasteiger partial charge < -0.3 is 43.6 Å². The fourth-order valence-corrected chi connectivity index (χ4v) is 9.37. The number of alkyl halides is 1. The second-order valence-electron chi connectivity index (χ2n) is 13.7. The molecule has 6 heterocycles. The summed E-state index contributed by atoms with van der Waals surface area (Å²) < 4.78 is 57.6. The molecule has 2 fully saturated rings. The first-order valence-corrected chi connectivity index (χ1v) is 21.6. The molecule has 2 saturated heterocycles. The van der Waals surface area contributed by atoms with E-state index in [2.05, 4.69) is 44.8 Å². The molecule has 0 bridgehead atoms. The molecule has 25 heteroatoms. The number of aliphatic hydroxyl groups is 2. The predicted octanol–water partition coefficient (Wildman–Crippen LogP) is 2.67. The number of anilines is 2. The molecule has 0 saturated carbocycles. The maximum atomic E-state index is 15.9.